The highest BCUT2D eigenvalue weighted by Crippen LogP contribution is 2.50. The highest BCUT2D eigenvalue weighted by atomic mass is 14.9. The van der Waals surface area contributed by atoms with Gasteiger partial charge in [0.25, 0.3) is 0 Å². The molecule has 1 N–H and O–H groups in total. The van der Waals surface area contributed by atoms with Gasteiger partial charge in [-0.25, -0.2) is 0 Å². The number of rotatable bonds is 6. The van der Waals surface area contributed by atoms with Gasteiger partial charge < -0.3 is 5.32 Å². The van der Waals surface area contributed by atoms with Crippen molar-refractivity contribution >= 4 is 0 Å². The van der Waals surface area contributed by atoms with Gasteiger partial charge in [-0.3, -0.25) is 0 Å². The summed E-state index contributed by atoms with van der Waals surface area (Å²) in [6.45, 7) is 12.6. The summed E-state index contributed by atoms with van der Waals surface area (Å²) in [6.07, 6.45) is 8.08. The topological polar surface area (TPSA) is 12.0 Å². The second-order valence-electron chi connectivity index (χ2n) is 7.10. The molecule has 1 nitrogen and oxygen atoms in total. The zero-order valence-electron chi connectivity index (χ0n) is 14.7. The molecule has 1 unspecified atom stereocenters. The van der Waals surface area contributed by atoms with E-state index >= 15 is 0 Å². The van der Waals surface area contributed by atoms with Gasteiger partial charge in [0.2, 0.25) is 0 Å². The number of hydrogen-bond acceptors (Lipinski definition) is 1. The van der Waals surface area contributed by atoms with Crippen LogP contribution >= 0.6 is 0 Å². The minimum Gasteiger partial charge on any atom is -0.309 e. The van der Waals surface area contributed by atoms with Crippen molar-refractivity contribution < 1.29 is 0 Å². The third-order valence-electron chi connectivity index (χ3n) is 5.71. The van der Waals surface area contributed by atoms with Crippen molar-refractivity contribution in [2.45, 2.75) is 79.2 Å². The summed E-state index contributed by atoms with van der Waals surface area (Å²) in [5, 5.41) is 3.91. The van der Waals surface area contributed by atoms with E-state index in [0.717, 1.165) is 6.54 Å². The van der Waals surface area contributed by atoms with Gasteiger partial charge in [-0.05, 0) is 80.7 Å². The molecule has 0 radical (unpaired) electrons. The molecule has 118 valence electrons. The third kappa shape index (κ3) is 3.34. The molecule has 1 aliphatic carbocycles. The second kappa shape index (κ2) is 6.96. The van der Waals surface area contributed by atoms with E-state index in [2.05, 4.69) is 52.1 Å². The molecule has 1 atom stereocenters. The van der Waals surface area contributed by atoms with E-state index in [4.69, 9.17) is 0 Å². The molecule has 1 aliphatic rings. The highest BCUT2D eigenvalue weighted by Gasteiger charge is 2.40. The number of hydrogen-bond donors (Lipinski definition) is 1. The van der Waals surface area contributed by atoms with E-state index < -0.39 is 0 Å². The monoisotopic (exact) mass is 287 g/mol. The van der Waals surface area contributed by atoms with Gasteiger partial charge >= 0.3 is 0 Å². The number of benzene rings is 1. The molecule has 0 aliphatic heterocycles. The van der Waals surface area contributed by atoms with Crippen LogP contribution in [0.2, 0.25) is 0 Å². The normalized spacial score (nSPS) is 18.9. The molecule has 0 aromatic heterocycles. The van der Waals surface area contributed by atoms with Crippen molar-refractivity contribution in [2.75, 3.05) is 6.54 Å². The maximum atomic E-state index is 3.91. The van der Waals surface area contributed by atoms with E-state index in [0.29, 0.717) is 11.5 Å². The first-order valence-corrected chi connectivity index (χ1v) is 8.85. The van der Waals surface area contributed by atoms with Crippen LogP contribution in [0.1, 0.15) is 80.7 Å². The maximum Gasteiger partial charge on any atom is 0.0379 e. The Kier molecular flexibility index (Phi) is 5.48. The van der Waals surface area contributed by atoms with E-state index in [1.807, 2.05) is 0 Å². The molecule has 1 saturated carbocycles. The maximum absolute atomic E-state index is 3.91. The van der Waals surface area contributed by atoms with Crippen LogP contribution in [0.25, 0.3) is 0 Å². The summed E-state index contributed by atoms with van der Waals surface area (Å²) >= 11 is 0. The van der Waals surface area contributed by atoms with Crippen molar-refractivity contribution in [3.8, 4) is 0 Å². The van der Waals surface area contributed by atoms with Gasteiger partial charge in [-0.2, -0.15) is 0 Å². The Morgan fingerprint density at radius 1 is 1.00 bits per heavy atom. The molecule has 2 rings (SSSR count). The van der Waals surface area contributed by atoms with E-state index in [9.17, 15) is 0 Å². The molecule has 1 aromatic rings. The van der Waals surface area contributed by atoms with Gasteiger partial charge in [0.15, 0.2) is 0 Å². The minimum absolute atomic E-state index is 0.474. The fourth-order valence-corrected chi connectivity index (χ4v) is 4.16. The van der Waals surface area contributed by atoms with Gasteiger partial charge in [0.1, 0.15) is 0 Å². The SMILES string of the molecule is CCCNC(c1cc(C)c(C)cc1C)C1(CC)CCCC1. The van der Waals surface area contributed by atoms with Gasteiger partial charge in [-0.1, -0.05) is 38.8 Å². The van der Waals surface area contributed by atoms with Crippen LogP contribution in [-0.4, -0.2) is 6.54 Å². The molecular formula is C20H33N. The molecule has 21 heavy (non-hydrogen) atoms. The Balaban J connectivity index is 2.42. The average molecular weight is 287 g/mol. The Hall–Kier alpha value is -0.820. The number of aryl methyl sites for hydroxylation is 3. The quantitative estimate of drug-likeness (QED) is 0.715. The van der Waals surface area contributed by atoms with E-state index in [-0.39, 0.29) is 0 Å². The Morgan fingerprint density at radius 3 is 2.19 bits per heavy atom. The van der Waals surface area contributed by atoms with Crippen LogP contribution in [0.3, 0.4) is 0 Å². The lowest BCUT2D eigenvalue weighted by molar-refractivity contribution is 0.186. The molecule has 1 aromatic carbocycles. The smallest absolute Gasteiger partial charge is 0.0379 e. The van der Waals surface area contributed by atoms with Crippen LogP contribution in [0.4, 0.5) is 0 Å². The zero-order valence-corrected chi connectivity index (χ0v) is 14.7. The first kappa shape index (κ1) is 16.5. The van der Waals surface area contributed by atoms with Crippen LogP contribution in [-0.2, 0) is 0 Å². The number of nitrogens with one attached hydrogen (secondary N) is 1. The fraction of sp³-hybridized carbons (Fsp3) is 0.700. The van der Waals surface area contributed by atoms with Crippen LogP contribution in [0, 0.1) is 26.2 Å². The second-order valence-corrected chi connectivity index (χ2v) is 7.10. The third-order valence-corrected chi connectivity index (χ3v) is 5.71. The molecule has 0 spiro atoms. The van der Waals surface area contributed by atoms with Gasteiger partial charge in [-0.15, -0.1) is 0 Å². The standard InChI is InChI=1S/C20H33N/c1-6-12-21-19(20(7-2)10-8-9-11-20)18-14-16(4)15(3)13-17(18)5/h13-14,19,21H,6-12H2,1-5H3. The first-order chi connectivity index (χ1) is 10.0. The van der Waals surface area contributed by atoms with Crippen LogP contribution in [0.5, 0.6) is 0 Å². The Bertz CT molecular complexity index is 469. The van der Waals surface area contributed by atoms with E-state index in [1.54, 1.807) is 5.56 Å². The van der Waals surface area contributed by atoms with Crippen molar-refractivity contribution in [3.05, 3.63) is 34.4 Å². The summed E-state index contributed by atoms with van der Waals surface area (Å²) in [5.74, 6) is 0. The summed E-state index contributed by atoms with van der Waals surface area (Å²) in [6, 6.07) is 5.36. The zero-order chi connectivity index (χ0) is 15.5. The van der Waals surface area contributed by atoms with Crippen molar-refractivity contribution in [1.29, 1.82) is 0 Å². The van der Waals surface area contributed by atoms with Crippen molar-refractivity contribution in [3.63, 3.8) is 0 Å². The lowest BCUT2D eigenvalue weighted by atomic mass is 9.72. The molecule has 0 heterocycles. The lowest BCUT2D eigenvalue weighted by Gasteiger charge is -2.39. The molecule has 0 amide bonds. The molecule has 1 fully saturated rings. The van der Waals surface area contributed by atoms with Gasteiger partial charge in [0.05, 0.1) is 0 Å². The van der Waals surface area contributed by atoms with Crippen molar-refractivity contribution in [2.24, 2.45) is 5.41 Å². The molecule has 0 saturated heterocycles. The van der Waals surface area contributed by atoms with Crippen LogP contribution < -0.4 is 5.32 Å². The highest BCUT2D eigenvalue weighted by molar-refractivity contribution is 5.39. The molecule has 1 heteroatoms. The van der Waals surface area contributed by atoms with E-state index in [1.165, 1.54) is 55.2 Å². The predicted octanol–water partition coefficient (Wildman–Crippen LogP) is 5.62. The Morgan fingerprint density at radius 2 is 1.62 bits per heavy atom. The summed E-state index contributed by atoms with van der Waals surface area (Å²) in [4.78, 5) is 0. The molecular weight excluding hydrogens is 254 g/mol. The largest absolute Gasteiger partial charge is 0.309 e. The summed E-state index contributed by atoms with van der Waals surface area (Å²) in [7, 11) is 0. The van der Waals surface area contributed by atoms with Crippen molar-refractivity contribution in [1.82, 2.24) is 5.32 Å². The van der Waals surface area contributed by atoms with Crippen LogP contribution in [0.15, 0.2) is 12.1 Å². The summed E-state index contributed by atoms with van der Waals surface area (Å²) in [5.41, 5.74) is 6.34. The first-order valence-electron chi connectivity index (χ1n) is 8.85. The minimum atomic E-state index is 0.474. The fourth-order valence-electron chi connectivity index (χ4n) is 4.16. The molecule has 0 bridgehead atoms. The Labute approximate surface area is 131 Å². The lowest BCUT2D eigenvalue weighted by Crippen LogP contribution is -2.37. The predicted molar refractivity (Wildman–Crippen MR) is 92.9 cm³/mol. The average Bonchev–Trinajstić information content (AvgIpc) is 2.94. The van der Waals surface area contributed by atoms with Gasteiger partial charge in [0, 0.05) is 6.04 Å². The summed E-state index contributed by atoms with van der Waals surface area (Å²) < 4.78 is 0.